The minimum atomic E-state index is -0.413. The van der Waals surface area contributed by atoms with Gasteiger partial charge in [0.15, 0.2) is 0 Å². The molecule has 17 heavy (non-hydrogen) atoms. The summed E-state index contributed by atoms with van der Waals surface area (Å²) in [6, 6.07) is 5.49. The van der Waals surface area contributed by atoms with E-state index in [0.717, 1.165) is 27.7 Å². The molecule has 1 aromatic rings. The molecule has 3 N–H and O–H groups in total. The number of halogens is 2. The van der Waals surface area contributed by atoms with Crippen molar-refractivity contribution >= 4 is 46.6 Å². The Morgan fingerprint density at radius 1 is 1.53 bits per heavy atom. The zero-order valence-electron chi connectivity index (χ0n) is 10.00. The third kappa shape index (κ3) is 5.23. The number of hydrogen-bond donors (Lipinski definition) is 2. The average molecular weight is 369 g/mol. The van der Waals surface area contributed by atoms with E-state index in [4.69, 9.17) is 5.73 Å². The van der Waals surface area contributed by atoms with Crippen LogP contribution >= 0.6 is 35.0 Å². The van der Waals surface area contributed by atoms with Crippen molar-refractivity contribution in [3.63, 3.8) is 0 Å². The normalized spacial score (nSPS) is 11.5. The van der Waals surface area contributed by atoms with Crippen molar-refractivity contribution in [3.8, 4) is 0 Å². The summed E-state index contributed by atoms with van der Waals surface area (Å²) in [5.74, 6) is -0.105. The van der Waals surface area contributed by atoms with Crippen molar-refractivity contribution in [1.82, 2.24) is 0 Å². The first-order valence-electron chi connectivity index (χ1n) is 5.37. The first kappa shape index (κ1) is 16.7. The number of hydrogen-bond acceptors (Lipinski definition) is 2. The van der Waals surface area contributed by atoms with Gasteiger partial charge in [-0.1, -0.05) is 13.3 Å². The molecule has 0 aliphatic heterocycles. The Morgan fingerprint density at radius 3 is 2.71 bits per heavy atom. The number of amides is 1. The largest absolute Gasteiger partial charge is 0.324 e. The van der Waals surface area contributed by atoms with E-state index >= 15 is 0 Å². The number of nitrogens with two attached hydrogens (primary N) is 1. The second-order valence-electron chi connectivity index (χ2n) is 3.84. The average Bonchev–Trinajstić information content (AvgIpc) is 2.22. The van der Waals surface area contributed by atoms with E-state index < -0.39 is 6.04 Å². The zero-order valence-corrected chi connectivity index (χ0v) is 13.0. The van der Waals surface area contributed by atoms with Gasteiger partial charge in [0.1, 0.15) is 0 Å². The van der Waals surface area contributed by atoms with Crippen LogP contribution in [0.1, 0.15) is 25.3 Å². The number of rotatable bonds is 4. The first-order valence-corrected chi connectivity index (χ1v) is 6.45. The van der Waals surface area contributed by atoms with Gasteiger partial charge in [0.2, 0.25) is 5.91 Å². The lowest BCUT2D eigenvalue weighted by Gasteiger charge is -2.13. The van der Waals surface area contributed by atoms with Crippen molar-refractivity contribution < 1.29 is 4.79 Å². The van der Waals surface area contributed by atoms with Gasteiger partial charge in [-0.05, 0) is 59.7 Å². The van der Waals surface area contributed by atoms with E-state index in [9.17, 15) is 4.79 Å². The molecule has 0 spiro atoms. The number of carbonyl (C=O) groups is 1. The lowest BCUT2D eigenvalue weighted by atomic mass is 10.1. The number of benzene rings is 1. The van der Waals surface area contributed by atoms with Crippen LogP contribution in [0.25, 0.3) is 0 Å². The Labute approximate surface area is 122 Å². The lowest BCUT2D eigenvalue weighted by molar-refractivity contribution is -0.117. The van der Waals surface area contributed by atoms with Gasteiger partial charge in [0.25, 0.3) is 0 Å². The molecule has 0 heterocycles. The SMILES string of the molecule is CCCC(N)C(=O)Nc1ccc(I)cc1C.Cl. The molecule has 96 valence electrons. The summed E-state index contributed by atoms with van der Waals surface area (Å²) in [5.41, 5.74) is 7.65. The molecule has 0 saturated carbocycles. The summed E-state index contributed by atoms with van der Waals surface area (Å²) in [6.07, 6.45) is 1.63. The zero-order chi connectivity index (χ0) is 12.1. The molecule has 1 atom stereocenters. The van der Waals surface area contributed by atoms with E-state index in [1.54, 1.807) is 0 Å². The van der Waals surface area contributed by atoms with Gasteiger partial charge in [0.05, 0.1) is 6.04 Å². The highest BCUT2D eigenvalue weighted by Gasteiger charge is 2.13. The monoisotopic (exact) mass is 368 g/mol. The van der Waals surface area contributed by atoms with E-state index in [-0.39, 0.29) is 18.3 Å². The molecule has 1 unspecified atom stereocenters. The topological polar surface area (TPSA) is 55.1 Å². The minimum absolute atomic E-state index is 0. The minimum Gasteiger partial charge on any atom is -0.324 e. The summed E-state index contributed by atoms with van der Waals surface area (Å²) in [6.45, 7) is 3.99. The highest BCUT2D eigenvalue weighted by Crippen LogP contribution is 2.17. The third-order valence-corrected chi connectivity index (χ3v) is 3.05. The quantitative estimate of drug-likeness (QED) is 0.803. The molecule has 1 rings (SSSR count). The summed E-state index contributed by atoms with van der Waals surface area (Å²) in [7, 11) is 0. The van der Waals surface area contributed by atoms with E-state index in [1.165, 1.54) is 0 Å². The maximum absolute atomic E-state index is 11.7. The van der Waals surface area contributed by atoms with Gasteiger partial charge in [-0.3, -0.25) is 4.79 Å². The number of carbonyl (C=O) groups excluding carboxylic acids is 1. The number of nitrogens with one attached hydrogen (secondary N) is 1. The highest BCUT2D eigenvalue weighted by molar-refractivity contribution is 14.1. The third-order valence-electron chi connectivity index (χ3n) is 2.38. The van der Waals surface area contributed by atoms with Gasteiger partial charge in [0, 0.05) is 9.26 Å². The fraction of sp³-hybridized carbons (Fsp3) is 0.417. The molecular formula is C12H18ClIN2O. The van der Waals surface area contributed by atoms with Crippen LogP contribution in [-0.2, 0) is 4.79 Å². The van der Waals surface area contributed by atoms with Crippen LogP contribution in [0.15, 0.2) is 18.2 Å². The second kappa shape index (κ2) is 7.89. The molecule has 0 bridgehead atoms. The molecule has 0 fully saturated rings. The Bertz CT molecular complexity index is 385. The summed E-state index contributed by atoms with van der Waals surface area (Å²) >= 11 is 2.25. The van der Waals surface area contributed by atoms with Crippen LogP contribution in [0.3, 0.4) is 0 Å². The Balaban J connectivity index is 0.00000256. The van der Waals surface area contributed by atoms with Crippen LogP contribution in [0.4, 0.5) is 5.69 Å². The Hall–Kier alpha value is -0.330. The summed E-state index contributed by atoms with van der Waals surface area (Å²) in [5, 5.41) is 2.85. The van der Waals surface area contributed by atoms with Crippen molar-refractivity contribution in [1.29, 1.82) is 0 Å². The predicted molar refractivity (Wildman–Crippen MR) is 82.7 cm³/mol. The number of anilines is 1. The van der Waals surface area contributed by atoms with Gasteiger partial charge in [-0.2, -0.15) is 0 Å². The Morgan fingerprint density at radius 2 is 2.18 bits per heavy atom. The summed E-state index contributed by atoms with van der Waals surface area (Å²) < 4.78 is 1.16. The highest BCUT2D eigenvalue weighted by atomic mass is 127. The predicted octanol–water partition coefficient (Wildman–Crippen LogP) is 3.09. The van der Waals surface area contributed by atoms with Crippen LogP contribution in [0.2, 0.25) is 0 Å². The van der Waals surface area contributed by atoms with Crippen LogP contribution < -0.4 is 11.1 Å². The van der Waals surface area contributed by atoms with Gasteiger partial charge in [-0.15, -0.1) is 12.4 Å². The standard InChI is InChI=1S/C12H17IN2O.ClH/c1-3-4-10(14)12(16)15-11-6-5-9(13)7-8(11)2;/h5-7,10H,3-4,14H2,1-2H3,(H,15,16);1H. The van der Waals surface area contributed by atoms with Crippen LogP contribution in [-0.4, -0.2) is 11.9 Å². The van der Waals surface area contributed by atoms with Crippen LogP contribution in [0, 0.1) is 10.5 Å². The first-order chi connectivity index (χ1) is 7.54. The smallest absolute Gasteiger partial charge is 0.241 e. The maximum Gasteiger partial charge on any atom is 0.241 e. The van der Waals surface area contributed by atoms with E-state index in [1.807, 2.05) is 32.0 Å². The molecular weight excluding hydrogens is 351 g/mol. The molecule has 0 aromatic heterocycles. The molecule has 3 nitrogen and oxygen atoms in total. The molecule has 0 saturated heterocycles. The van der Waals surface area contributed by atoms with Crippen LogP contribution in [0.5, 0.6) is 0 Å². The van der Waals surface area contributed by atoms with Crippen molar-refractivity contribution in [2.24, 2.45) is 5.73 Å². The van der Waals surface area contributed by atoms with E-state index in [0.29, 0.717) is 0 Å². The molecule has 0 radical (unpaired) electrons. The lowest BCUT2D eigenvalue weighted by Crippen LogP contribution is -2.35. The maximum atomic E-state index is 11.7. The fourth-order valence-corrected chi connectivity index (χ4v) is 2.08. The molecule has 5 heteroatoms. The number of aryl methyl sites for hydroxylation is 1. The van der Waals surface area contributed by atoms with Crippen molar-refractivity contribution in [2.75, 3.05) is 5.32 Å². The summed E-state index contributed by atoms with van der Waals surface area (Å²) in [4.78, 5) is 11.7. The van der Waals surface area contributed by atoms with Gasteiger partial charge >= 0.3 is 0 Å². The van der Waals surface area contributed by atoms with Gasteiger partial charge in [-0.25, -0.2) is 0 Å². The molecule has 0 aliphatic rings. The van der Waals surface area contributed by atoms with Gasteiger partial charge < -0.3 is 11.1 Å². The molecule has 1 amide bonds. The van der Waals surface area contributed by atoms with Crippen molar-refractivity contribution in [3.05, 3.63) is 27.3 Å². The van der Waals surface area contributed by atoms with Crippen molar-refractivity contribution in [2.45, 2.75) is 32.7 Å². The fourth-order valence-electron chi connectivity index (χ4n) is 1.43. The molecule has 0 aliphatic carbocycles. The molecule has 1 aromatic carbocycles. The second-order valence-corrected chi connectivity index (χ2v) is 5.09. The van der Waals surface area contributed by atoms with E-state index in [2.05, 4.69) is 27.9 Å². The Kier molecular flexibility index (Phi) is 7.74.